The lowest BCUT2D eigenvalue weighted by atomic mass is 9.95. The molecular formula is C23H26N2O6. The first-order chi connectivity index (χ1) is 14.7. The number of methoxy groups -OCH3 is 2. The molecule has 1 heterocycles. The molecule has 0 aliphatic carbocycles. The Labute approximate surface area is 179 Å². The van der Waals surface area contributed by atoms with Gasteiger partial charge < -0.3 is 29.7 Å². The Bertz CT molecular complexity index is 1130. The number of rotatable bonds is 8. The molecule has 164 valence electrons. The molecule has 3 aromatic rings. The minimum absolute atomic E-state index is 0.122. The highest BCUT2D eigenvalue weighted by Crippen LogP contribution is 2.35. The van der Waals surface area contributed by atoms with E-state index in [-0.39, 0.29) is 23.5 Å². The summed E-state index contributed by atoms with van der Waals surface area (Å²) in [6, 6.07) is 12.0. The van der Waals surface area contributed by atoms with Gasteiger partial charge in [0.1, 0.15) is 12.2 Å². The third kappa shape index (κ3) is 5.04. The van der Waals surface area contributed by atoms with E-state index in [1.807, 2.05) is 26.0 Å². The van der Waals surface area contributed by atoms with E-state index in [9.17, 15) is 9.59 Å². The van der Waals surface area contributed by atoms with Crippen molar-refractivity contribution in [1.29, 1.82) is 0 Å². The normalized spacial score (nSPS) is 11.4. The third-order valence-corrected chi connectivity index (χ3v) is 4.71. The lowest BCUT2D eigenvalue weighted by Crippen LogP contribution is -2.28. The van der Waals surface area contributed by atoms with E-state index in [2.05, 4.69) is 5.32 Å². The topological polar surface area (TPSA) is 113 Å². The number of carbonyl (C=O) groups is 1. The molecule has 2 aromatic carbocycles. The lowest BCUT2D eigenvalue weighted by molar-refractivity contribution is 0.102. The second kappa shape index (κ2) is 9.20. The lowest BCUT2D eigenvalue weighted by Gasteiger charge is -2.19. The summed E-state index contributed by atoms with van der Waals surface area (Å²) in [5.74, 6) is 0.112. The molecule has 0 aliphatic heterocycles. The van der Waals surface area contributed by atoms with Crippen molar-refractivity contribution in [3.8, 4) is 11.5 Å². The summed E-state index contributed by atoms with van der Waals surface area (Å²) >= 11 is 0. The quantitative estimate of drug-likeness (QED) is 0.420. The van der Waals surface area contributed by atoms with Crippen molar-refractivity contribution in [3.63, 3.8) is 0 Å². The minimum Gasteiger partial charge on any atom is -0.493 e. The summed E-state index contributed by atoms with van der Waals surface area (Å²) in [4.78, 5) is 25.3. The van der Waals surface area contributed by atoms with Gasteiger partial charge in [0.2, 0.25) is 5.75 Å². The largest absolute Gasteiger partial charge is 0.493 e. The molecule has 0 spiro atoms. The fraction of sp³-hybridized carbons (Fsp3) is 0.304. The Balaban J connectivity index is 1.91. The maximum atomic E-state index is 12.7. The molecule has 0 bridgehead atoms. The van der Waals surface area contributed by atoms with Crippen molar-refractivity contribution in [2.75, 3.05) is 32.8 Å². The van der Waals surface area contributed by atoms with E-state index in [1.54, 1.807) is 31.4 Å². The smallest absolute Gasteiger partial charge is 0.349 e. The molecule has 31 heavy (non-hydrogen) atoms. The first-order valence-corrected chi connectivity index (χ1v) is 9.72. The highest BCUT2D eigenvalue weighted by molar-refractivity contribution is 6.05. The van der Waals surface area contributed by atoms with E-state index in [0.29, 0.717) is 23.4 Å². The zero-order valence-electron chi connectivity index (χ0n) is 18.0. The fourth-order valence-corrected chi connectivity index (χ4v) is 3.01. The van der Waals surface area contributed by atoms with Crippen LogP contribution in [0.4, 0.5) is 5.69 Å². The number of hydrogen-bond acceptors (Lipinski definition) is 7. The SMILES string of the molecule is COCCOc1c(OC)ccc2cc(C(=O)Nc3ccc(C(C)(C)N)cc3)c(=O)oc12. The number of fused-ring (bicyclic) bond motifs is 1. The Morgan fingerprint density at radius 2 is 1.81 bits per heavy atom. The Hall–Kier alpha value is -3.36. The maximum Gasteiger partial charge on any atom is 0.349 e. The van der Waals surface area contributed by atoms with Crippen molar-refractivity contribution >= 4 is 22.6 Å². The van der Waals surface area contributed by atoms with Gasteiger partial charge in [0.05, 0.1) is 13.7 Å². The van der Waals surface area contributed by atoms with Crippen LogP contribution in [-0.2, 0) is 10.3 Å². The van der Waals surface area contributed by atoms with Crippen molar-refractivity contribution in [2.45, 2.75) is 19.4 Å². The van der Waals surface area contributed by atoms with E-state index < -0.39 is 17.1 Å². The fourth-order valence-electron chi connectivity index (χ4n) is 3.01. The molecule has 0 unspecified atom stereocenters. The standard InChI is InChI=1S/C23H26N2O6/c1-23(2,24)15-6-8-16(9-7-15)25-21(26)17-13-14-5-10-18(29-4)20(30-12-11-28-3)19(14)31-22(17)27/h5-10,13H,11-12,24H2,1-4H3,(H,25,26). The van der Waals surface area contributed by atoms with Crippen LogP contribution in [0.2, 0.25) is 0 Å². The van der Waals surface area contributed by atoms with Gasteiger partial charge in [-0.3, -0.25) is 4.79 Å². The van der Waals surface area contributed by atoms with Crippen LogP contribution < -0.4 is 26.1 Å². The summed E-state index contributed by atoms with van der Waals surface area (Å²) in [5, 5.41) is 3.24. The summed E-state index contributed by atoms with van der Waals surface area (Å²) in [7, 11) is 3.04. The Kier molecular flexibility index (Phi) is 6.62. The van der Waals surface area contributed by atoms with Crippen LogP contribution in [0.25, 0.3) is 11.0 Å². The second-order valence-electron chi connectivity index (χ2n) is 7.56. The summed E-state index contributed by atoms with van der Waals surface area (Å²) in [6.45, 7) is 4.38. The molecule has 0 atom stereocenters. The van der Waals surface area contributed by atoms with Crippen LogP contribution in [0.5, 0.6) is 11.5 Å². The minimum atomic E-state index is -0.783. The molecule has 0 radical (unpaired) electrons. The maximum absolute atomic E-state index is 12.7. The number of benzene rings is 2. The van der Waals surface area contributed by atoms with Crippen LogP contribution in [-0.4, -0.2) is 33.3 Å². The molecule has 8 nitrogen and oxygen atoms in total. The number of nitrogens with one attached hydrogen (secondary N) is 1. The van der Waals surface area contributed by atoms with Crippen LogP contribution in [0.15, 0.2) is 51.7 Å². The number of nitrogens with two attached hydrogens (primary N) is 1. The van der Waals surface area contributed by atoms with E-state index in [4.69, 9.17) is 24.4 Å². The molecule has 3 rings (SSSR count). The molecule has 0 saturated carbocycles. The van der Waals surface area contributed by atoms with Crippen LogP contribution in [0, 0.1) is 0 Å². The van der Waals surface area contributed by atoms with Crippen LogP contribution >= 0.6 is 0 Å². The Morgan fingerprint density at radius 3 is 2.42 bits per heavy atom. The van der Waals surface area contributed by atoms with Gasteiger partial charge in [-0.25, -0.2) is 4.79 Å². The molecule has 0 fully saturated rings. The molecule has 0 saturated heterocycles. The average molecular weight is 426 g/mol. The first kappa shape index (κ1) is 22.3. The van der Waals surface area contributed by atoms with Crippen molar-refractivity contribution in [2.24, 2.45) is 5.73 Å². The third-order valence-electron chi connectivity index (χ3n) is 4.71. The predicted octanol–water partition coefficient (Wildman–Crippen LogP) is 3.27. The van der Waals surface area contributed by atoms with Gasteiger partial charge in [-0.1, -0.05) is 12.1 Å². The van der Waals surface area contributed by atoms with Gasteiger partial charge >= 0.3 is 5.63 Å². The molecule has 1 aromatic heterocycles. The highest BCUT2D eigenvalue weighted by Gasteiger charge is 2.19. The second-order valence-corrected chi connectivity index (χ2v) is 7.56. The first-order valence-electron chi connectivity index (χ1n) is 9.72. The molecular weight excluding hydrogens is 400 g/mol. The van der Waals surface area contributed by atoms with E-state index in [1.165, 1.54) is 13.2 Å². The summed E-state index contributed by atoms with van der Waals surface area (Å²) < 4.78 is 21.4. The number of ether oxygens (including phenoxy) is 3. The van der Waals surface area contributed by atoms with Gasteiger partial charge in [-0.2, -0.15) is 0 Å². The van der Waals surface area contributed by atoms with Gasteiger partial charge in [0.15, 0.2) is 11.3 Å². The number of amides is 1. The summed E-state index contributed by atoms with van der Waals surface area (Å²) in [5.41, 5.74) is 6.34. The van der Waals surface area contributed by atoms with Crippen LogP contribution in [0.1, 0.15) is 29.8 Å². The predicted molar refractivity (Wildman–Crippen MR) is 118 cm³/mol. The molecule has 3 N–H and O–H groups in total. The van der Waals surface area contributed by atoms with Crippen molar-refractivity contribution < 1.29 is 23.4 Å². The Morgan fingerprint density at radius 1 is 1.10 bits per heavy atom. The zero-order chi connectivity index (χ0) is 22.6. The number of anilines is 1. The monoisotopic (exact) mass is 426 g/mol. The van der Waals surface area contributed by atoms with Gasteiger partial charge in [0.25, 0.3) is 5.91 Å². The molecule has 1 amide bonds. The van der Waals surface area contributed by atoms with Gasteiger partial charge in [-0.15, -0.1) is 0 Å². The number of carbonyl (C=O) groups excluding carboxylic acids is 1. The van der Waals surface area contributed by atoms with Crippen LogP contribution in [0.3, 0.4) is 0 Å². The van der Waals surface area contributed by atoms with Gasteiger partial charge in [-0.05, 0) is 49.7 Å². The van der Waals surface area contributed by atoms with Crippen molar-refractivity contribution in [3.05, 3.63) is 64.0 Å². The van der Waals surface area contributed by atoms with Gasteiger partial charge in [0, 0.05) is 23.7 Å². The number of hydrogen-bond donors (Lipinski definition) is 2. The molecule has 0 aliphatic rings. The zero-order valence-corrected chi connectivity index (χ0v) is 18.0. The summed E-state index contributed by atoms with van der Waals surface area (Å²) in [6.07, 6.45) is 0. The van der Waals surface area contributed by atoms with E-state index in [0.717, 1.165) is 5.56 Å². The average Bonchev–Trinajstić information content (AvgIpc) is 2.73. The van der Waals surface area contributed by atoms with E-state index >= 15 is 0 Å². The molecule has 8 heteroatoms. The van der Waals surface area contributed by atoms with Crippen molar-refractivity contribution in [1.82, 2.24) is 0 Å². The highest BCUT2D eigenvalue weighted by atomic mass is 16.5.